The first-order chi connectivity index (χ1) is 8.58. The quantitative estimate of drug-likeness (QED) is 0.891. The highest BCUT2D eigenvalue weighted by Crippen LogP contribution is 2.12. The second-order valence-corrected chi connectivity index (χ2v) is 4.20. The lowest BCUT2D eigenvalue weighted by molar-refractivity contribution is 0.0697. The molecule has 18 heavy (non-hydrogen) atoms. The van der Waals surface area contributed by atoms with Gasteiger partial charge in [0.05, 0.1) is 5.56 Å². The molecular weight excluding hydrogens is 230 g/mol. The van der Waals surface area contributed by atoms with E-state index in [0.717, 1.165) is 11.5 Å². The Bertz CT molecular complexity index is 546. The van der Waals surface area contributed by atoms with Gasteiger partial charge >= 0.3 is 5.97 Å². The van der Waals surface area contributed by atoms with Crippen LogP contribution in [-0.4, -0.2) is 27.7 Å². The molecular formula is C13H15N3O2. The Balaban J connectivity index is 2.10. The van der Waals surface area contributed by atoms with Crippen LogP contribution in [0, 0.1) is 0 Å². The van der Waals surface area contributed by atoms with Crippen molar-refractivity contribution in [3.05, 3.63) is 47.8 Å². The van der Waals surface area contributed by atoms with Gasteiger partial charge in [-0.05, 0) is 17.7 Å². The number of aryl methyl sites for hydroxylation is 1. The lowest BCUT2D eigenvalue weighted by Gasteiger charge is -2.18. The second-order valence-electron chi connectivity index (χ2n) is 4.20. The Morgan fingerprint density at radius 1 is 1.39 bits per heavy atom. The fourth-order valence-corrected chi connectivity index (χ4v) is 1.82. The van der Waals surface area contributed by atoms with Crippen molar-refractivity contribution < 1.29 is 9.90 Å². The molecule has 2 rings (SSSR count). The summed E-state index contributed by atoms with van der Waals surface area (Å²) in [6.07, 6.45) is 3.64. The smallest absolute Gasteiger partial charge is 0.335 e. The minimum absolute atomic E-state index is 0.304. The molecule has 1 N–H and O–H groups in total. The van der Waals surface area contributed by atoms with Gasteiger partial charge in [0.25, 0.3) is 0 Å². The third-order valence-electron chi connectivity index (χ3n) is 2.76. The molecule has 0 spiro atoms. The number of carbonyl (C=O) groups is 1. The molecule has 5 heteroatoms. The van der Waals surface area contributed by atoms with Crippen LogP contribution in [0.1, 0.15) is 15.9 Å². The predicted octanol–water partition coefficient (Wildman–Crippen LogP) is 1.75. The molecule has 0 aliphatic carbocycles. The monoisotopic (exact) mass is 245 g/mol. The zero-order valence-electron chi connectivity index (χ0n) is 10.4. The van der Waals surface area contributed by atoms with E-state index in [2.05, 4.69) is 4.98 Å². The van der Waals surface area contributed by atoms with Crippen molar-refractivity contribution in [2.75, 3.05) is 11.9 Å². The lowest BCUT2D eigenvalue weighted by atomic mass is 10.1. The topological polar surface area (TPSA) is 58.4 Å². The van der Waals surface area contributed by atoms with Gasteiger partial charge in [0.15, 0.2) is 0 Å². The summed E-state index contributed by atoms with van der Waals surface area (Å²) in [4.78, 5) is 17.0. The molecule has 0 saturated carbocycles. The maximum atomic E-state index is 10.7. The van der Waals surface area contributed by atoms with Gasteiger partial charge in [-0.3, -0.25) is 0 Å². The van der Waals surface area contributed by atoms with Crippen molar-refractivity contribution in [2.45, 2.75) is 6.54 Å². The van der Waals surface area contributed by atoms with Gasteiger partial charge in [0.2, 0.25) is 5.95 Å². The molecule has 94 valence electrons. The van der Waals surface area contributed by atoms with Crippen LogP contribution in [0.3, 0.4) is 0 Å². The first-order valence-corrected chi connectivity index (χ1v) is 5.58. The third kappa shape index (κ3) is 2.51. The van der Waals surface area contributed by atoms with Gasteiger partial charge in [0.1, 0.15) is 0 Å². The van der Waals surface area contributed by atoms with Crippen molar-refractivity contribution in [3.8, 4) is 0 Å². The van der Waals surface area contributed by atoms with Crippen molar-refractivity contribution >= 4 is 11.9 Å². The molecule has 5 nitrogen and oxygen atoms in total. The molecule has 0 atom stereocenters. The number of hydrogen-bond acceptors (Lipinski definition) is 3. The van der Waals surface area contributed by atoms with E-state index in [1.54, 1.807) is 18.3 Å². The zero-order chi connectivity index (χ0) is 13.1. The number of hydrogen-bond donors (Lipinski definition) is 1. The fourth-order valence-electron chi connectivity index (χ4n) is 1.82. The van der Waals surface area contributed by atoms with E-state index in [1.807, 2.05) is 41.9 Å². The molecule has 0 saturated heterocycles. The number of anilines is 1. The molecule has 0 unspecified atom stereocenters. The maximum Gasteiger partial charge on any atom is 0.335 e. The lowest BCUT2D eigenvalue weighted by Crippen LogP contribution is -2.19. The summed E-state index contributed by atoms with van der Waals surface area (Å²) >= 11 is 0. The molecule has 2 aromatic rings. The first kappa shape index (κ1) is 12.2. The molecule has 1 heterocycles. The molecule has 0 amide bonds. The van der Waals surface area contributed by atoms with Crippen LogP contribution in [0.15, 0.2) is 36.7 Å². The standard InChI is InChI=1S/C13H15N3O2/c1-15-8-7-14-13(15)16(2)9-10-3-5-11(6-4-10)12(17)18/h3-8H,9H2,1-2H3,(H,17,18). The number of carboxylic acid groups (broad SMARTS) is 1. The summed E-state index contributed by atoms with van der Waals surface area (Å²) < 4.78 is 1.94. The molecule has 1 aromatic carbocycles. The van der Waals surface area contributed by atoms with Crippen LogP contribution in [0.2, 0.25) is 0 Å². The van der Waals surface area contributed by atoms with E-state index in [1.165, 1.54) is 0 Å². The largest absolute Gasteiger partial charge is 0.478 e. The fraction of sp³-hybridized carbons (Fsp3) is 0.231. The SMILES string of the molecule is CN(Cc1ccc(C(=O)O)cc1)c1nccn1C. The Labute approximate surface area is 105 Å². The van der Waals surface area contributed by atoms with Crippen LogP contribution in [0.4, 0.5) is 5.95 Å². The van der Waals surface area contributed by atoms with Gasteiger partial charge in [0, 0.05) is 33.0 Å². The number of aromatic carboxylic acids is 1. The molecule has 0 fully saturated rings. The summed E-state index contributed by atoms with van der Waals surface area (Å²) in [6.45, 7) is 0.685. The molecule has 0 aliphatic rings. The highest BCUT2D eigenvalue weighted by atomic mass is 16.4. The number of nitrogens with zero attached hydrogens (tertiary/aromatic N) is 3. The molecule has 1 aromatic heterocycles. The zero-order valence-corrected chi connectivity index (χ0v) is 10.4. The molecule has 0 radical (unpaired) electrons. The average molecular weight is 245 g/mol. The number of carboxylic acids is 1. The summed E-state index contributed by atoms with van der Waals surface area (Å²) in [5, 5.41) is 8.82. The van der Waals surface area contributed by atoms with Crippen LogP contribution in [0.25, 0.3) is 0 Å². The van der Waals surface area contributed by atoms with E-state index in [-0.39, 0.29) is 0 Å². The summed E-state index contributed by atoms with van der Waals surface area (Å²) in [5.41, 5.74) is 1.35. The van der Waals surface area contributed by atoms with Crippen molar-refractivity contribution in [1.29, 1.82) is 0 Å². The number of imidazole rings is 1. The number of aromatic nitrogens is 2. The van der Waals surface area contributed by atoms with Crippen LogP contribution in [0.5, 0.6) is 0 Å². The minimum Gasteiger partial charge on any atom is -0.478 e. The van der Waals surface area contributed by atoms with E-state index < -0.39 is 5.97 Å². The van der Waals surface area contributed by atoms with Crippen LogP contribution < -0.4 is 4.90 Å². The molecule has 0 aliphatic heterocycles. The summed E-state index contributed by atoms with van der Waals surface area (Å²) in [7, 11) is 3.89. The Morgan fingerprint density at radius 2 is 2.06 bits per heavy atom. The first-order valence-electron chi connectivity index (χ1n) is 5.58. The summed E-state index contributed by atoms with van der Waals surface area (Å²) in [5.74, 6) is -0.0312. The van der Waals surface area contributed by atoms with Crippen LogP contribution in [-0.2, 0) is 13.6 Å². The van der Waals surface area contributed by atoms with Crippen molar-refractivity contribution in [1.82, 2.24) is 9.55 Å². The van der Waals surface area contributed by atoms with Crippen molar-refractivity contribution in [3.63, 3.8) is 0 Å². The highest BCUT2D eigenvalue weighted by molar-refractivity contribution is 5.87. The van der Waals surface area contributed by atoms with E-state index in [9.17, 15) is 4.79 Å². The van der Waals surface area contributed by atoms with Gasteiger partial charge in [-0.2, -0.15) is 0 Å². The number of benzene rings is 1. The normalized spacial score (nSPS) is 10.3. The minimum atomic E-state index is -0.904. The maximum absolute atomic E-state index is 10.7. The second kappa shape index (κ2) is 4.91. The average Bonchev–Trinajstić information content (AvgIpc) is 2.76. The van der Waals surface area contributed by atoms with Gasteiger partial charge in [-0.15, -0.1) is 0 Å². The van der Waals surface area contributed by atoms with E-state index in [0.29, 0.717) is 12.1 Å². The van der Waals surface area contributed by atoms with Gasteiger partial charge in [-0.25, -0.2) is 9.78 Å². The number of rotatable bonds is 4. The van der Waals surface area contributed by atoms with Gasteiger partial charge < -0.3 is 14.6 Å². The Kier molecular flexibility index (Phi) is 3.32. The highest BCUT2D eigenvalue weighted by Gasteiger charge is 2.07. The predicted molar refractivity (Wildman–Crippen MR) is 68.7 cm³/mol. The summed E-state index contributed by atoms with van der Waals surface area (Å²) in [6, 6.07) is 6.87. The van der Waals surface area contributed by atoms with Crippen molar-refractivity contribution in [2.24, 2.45) is 7.05 Å². The Morgan fingerprint density at radius 3 is 2.56 bits per heavy atom. The molecule has 0 bridgehead atoms. The van der Waals surface area contributed by atoms with E-state index >= 15 is 0 Å². The third-order valence-corrected chi connectivity index (χ3v) is 2.76. The van der Waals surface area contributed by atoms with Gasteiger partial charge in [-0.1, -0.05) is 12.1 Å². The van der Waals surface area contributed by atoms with Crippen LogP contribution >= 0.6 is 0 Å². The van der Waals surface area contributed by atoms with E-state index in [4.69, 9.17) is 5.11 Å². The Hall–Kier alpha value is -2.30.